The van der Waals surface area contributed by atoms with Gasteiger partial charge in [0.15, 0.2) is 0 Å². The van der Waals surface area contributed by atoms with E-state index in [9.17, 15) is 0 Å². The fourth-order valence-corrected chi connectivity index (χ4v) is 2.00. The second-order valence-corrected chi connectivity index (χ2v) is 4.07. The van der Waals surface area contributed by atoms with Crippen molar-refractivity contribution in [3.05, 3.63) is 23.9 Å². The minimum absolute atomic E-state index is 0.0388. The van der Waals surface area contributed by atoms with Gasteiger partial charge in [0.05, 0.1) is 17.7 Å². The number of aromatic nitrogens is 1. The van der Waals surface area contributed by atoms with E-state index in [1.807, 2.05) is 6.92 Å². The second kappa shape index (κ2) is 5.13. The summed E-state index contributed by atoms with van der Waals surface area (Å²) >= 11 is 0. The fourth-order valence-electron chi connectivity index (χ4n) is 2.00. The number of hydrogen-bond acceptors (Lipinski definition) is 5. The number of rotatable bonds is 4. The van der Waals surface area contributed by atoms with E-state index in [0.29, 0.717) is 18.0 Å². The van der Waals surface area contributed by atoms with Gasteiger partial charge >= 0.3 is 0 Å². The summed E-state index contributed by atoms with van der Waals surface area (Å²) in [4.78, 5) is 4.16. The molecule has 0 saturated heterocycles. The van der Waals surface area contributed by atoms with Gasteiger partial charge in [0.25, 0.3) is 0 Å². The van der Waals surface area contributed by atoms with Gasteiger partial charge in [-0.1, -0.05) is 0 Å². The molecule has 0 radical (unpaired) electrons. The van der Waals surface area contributed by atoms with E-state index in [4.69, 9.17) is 15.7 Å². The Kier molecular flexibility index (Phi) is 3.57. The third kappa shape index (κ3) is 2.38. The number of nitrogens with two attached hydrogens (primary N) is 1. The van der Waals surface area contributed by atoms with Crippen molar-refractivity contribution in [3.8, 4) is 6.07 Å². The standard InChI is InChI=1S/C12H16N4O/c1-2-17-10-6-9(14)11(10)16-12-8(7-13)4-3-5-15-12/h3-5,9-11H,2,6,14H2,1H3,(H,15,16). The summed E-state index contributed by atoms with van der Waals surface area (Å²) in [7, 11) is 0. The molecule has 1 aliphatic rings. The molecule has 1 saturated carbocycles. The lowest BCUT2D eigenvalue weighted by Gasteiger charge is -2.42. The van der Waals surface area contributed by atoms with Crippen LogP contribution in [0, 0.1) is 11.3 Å². The monoisotopic (exact) mass is 232 g/mol. The third-order valence-electron chi connectivity index (χ3n) is 2.98. The molecule has 17 heavy (non-hydrogen) atoms. The summed E-state index contributed by atoms with van der Waals surface area (Å²) < 4.78 is 5.55. The van der Waals surface area contributed by atoms with Crippen LogP contribution < -0.4 is 11.1 Å². The van der Waals surface area contributed by atoms with E-state index in [2.05, 4.69) is 16.4 Å². The number of nitrogens with one attached hydrogen (secondary N) is 1. The number of ether oxygens (including phenoxy) is 1. The molecular formula is C12H16N4O. The van der Waals surface area contributed by atoms with Crippen molar-refractivity contribution in [1.29, 1.82) is 5.26 Å². The van der Waals surface area contributed by atoms with E-state index < -0.39 is 0 Å². The van der Waals surface area contributed by atoms with Gasteiger partial charge in [-0.15, -0.1) is 0 Å². The molecule has 90 valence electrons. The van der Waals surface area contributed by atoms with Crippen molar-refractivity contribution < 1.29 is 4.74 Å². The summed E-state index contributed by atoms with van der Waals surface area (Å²) in [5, 5.41) is 12.2. The molecule has 0 bridgehead atoms. The molecule has 5 heteroatoms. The number of nitriles is 1. The highest BCUT2D eigenvalue weighted by Gasteiger charge is 2.39. The van der Waals surface area contributed by atoms with Gasteiger partial charge in [-0.2, -0.15) is 5.26 Å². The van der Waals surface area contributed by atoms with Crippen molar-refractivity contribution in [2.45, 2.75) is 31.5 Å². The number of hydrogen-bond donors (Lipinski definition) is 2. The van der Waals surface area contributed by atoms with Crippen molar-refractivity contribution in [2.75, 3.05) is 11.9 Å². The Morgan fingerprint density at radius 1 is 1.71 bits per heavy atom. The van der Waals surface area contributed by atoms with Crippen LogP contribution in [0.2, 0.25) is 0 Å². The Bertz CT molecular complexity index is 427. The van der Waals surface area contributed by atoms with E-state index >= 15 is 0 Å². The zero-order valence-electron chi connectivity index (χ0n) is 9.76. The first-order valence-electron chi connectivity index (χ1n) is 5.75. The van der Waals surface area contributed by atoms with Crippen LogP contribution in [0.1, 0.15) is 18.9 Å². The molecule has 3 N–H and O–H groups in total. The van der Waals surface area contributed by atoms with Crippen LogP contribution in [0.25, 0.3) is 0 Å². The summed E-state index contributed by atoms with van der Waals surface area (Å²) in [6.07, 6.45) is 2.62. The maximum absolute atomic E-state index is 8.96. The quantitative estimate of drug-likeness (QED) is 0.804. The number of nitrogens with zero attached hydrogens (tertiary/aromatic N) is 2. The predicted octanol–water partition coefficient (Wildman–Crippen LogP) is 0.870. The fraction of sp³-hybridized carbons (Fsp3) is 0.500. The molecule has 3 unspecified atom stereocenters. The Morgan fingerprint density at radius 3 is 3.18 bits per heavy atom. The van der Waals surface area contributed by atoms with Crippen LogP contribution in [0.5, 0.6) is 0 Å². The molecule has 1 fully saturated rings. The van der Waals surface area contributed by atoms with Crippen molar-refractivity contribution in [1.82, 2.24) is 4.98 Å². The maximum atomic E-state index is 8.96. The van der Waals surface area contributed by atoms with E-state index in [0.717, 1.165) is 6.42 Å². The van der Waals surface area contributed by atoms with Crippen molar-refractivity contribution >= 4 is 5.82 Å². The predicted molar refractivity (Wildman–Crippen MR) is 64.4 cm³/mol. The van der Waals surface area contributed by atoms with Gasteiger partial charge < -0.3 is 15.8 Å². The van der Waals surface area contributed by atoms with E-state index in [1.54, 1.807) is 18.3 Å². The Morgan fingerprint density at radius 2 is 2.53 bits per heavy atom. The normalized spacial score (nSPS) is 27.0. The number of anilines is 1. The molecule has 1 aromatic heterocycles. The molecule has 2 rings (SSSR count). The van der Waals surface area contributed by atoms with Crippen LogP contribution in [0.4, 0.5) is 5.82 Å². The topological polar surface area (TPSA) is 84.0 Å². The van der Waals surface area contributed by atoms with E-state index in [1.165, 1.54) is 0 Å². The molecule has 0 aliphatic heterocycles. The molecular weight excluding hydrogens is 216 g/mol. The molecule has 0 spiro atoms. The minimum Gasteiger partial charge on any atom is -0.376 e. The van der Waals surface area contributed by atoms with Crippen LogP contribution in [-0.2, 0) is 4.74 Å². The summed E-state index contributed by atoms with van der Waals surface area (Å²) in [6.45, 7) is 2.63. The Balaban J connectivity index is 2.07. The highest BCUT2D eigenvalue weighted by atomic mass is 16.5. The smallest absolute Gasteiger partial charge is 0.144 e. The van der Waals surface area contributed by atoms with Gasteiger partial charge in [-0.05, 0) is 25.5 Å². The first-order valence-corrected chi connectivity index (χ1v) is 5.75. The van der Waals surface area contributed by atoms with Crippen LogP contribution in [0.3, 0.4) is 0 Å². The van der Waals surface area contributed by atoms with Crippen LogP contribution in [0.15, 0.2) is 18.3 Å². The lowest BCUT2D eigenvalue weighted by atomic mass is 9.83. The highest BCUT2D eigenvalue weighted by molar-refractivity contribution is 5.52. The zero-order chi connectivity index (χ0) is 12.3. The summed E-state index contributed by atoms with van der Waals surface area (Å²) in [5.41, 5.74) is 6.46. The molecule has 0 aromatic carbocycles. The van der Waals surface area contributed by atoms with Crippen molar-refractivity contribution in [2.24, 2.45) is 5.73 Å². The molecule has 1 aliphatic carbocycles. The molecule has 5 nitrogen and oxygen atoms in total. The lowest BCUT2D eigenvalue weighted by molar-refractivity contribution is -0.0127. The van der Waals surface area contributed by atoms with Gasteiger partial charge in [0, 0.05) is 18.8 Å². The van der Waals surface area contributed by atoms with Crippen molar-refractivity contribution in [3.63, 3.8) is 0 Å². The molecule has 0 amide bonds. The highest BCUT2D eigenvalue weighted by Crippen LogP contribution is 2.26. The SMILES string of the molecule is CCOC1CC(N)C1Nc1ncccc1C#N. The summed E-state index contributed by atoms with van der Waals surface area (Å²) in [5.74, 6) is 0.583. The Labute approximate surface area is 101 Å². The van der Waals surface area contributed by atoms with Gasteiger partial charge in [0.1, 0.15) is 11.9 Å². The van der Waals surface area contributed by atoms with Crippen LogP contribution >= 0.6 is 0 Å². The third-order valence-corrected chi connectivity index (χ3v) is 2.98. The van der Waals surface area contributed by atoms with Gasteiger partial charge in [-0.25, -0.2) is 4.98 Å². The first kappa shape index (κ1) is 11.8. The van der Waals surface area contributed by atoms with Crippen LogP contribution in [-0.4, -0.2) is 29.8 Å². The second-order valence-electron chi connectivity index (χ2n) is 4.07. The molecule has 1 heterocycles. The lowest BCUT2D eigenvalue weighted by Crippen LogP contribution is -2.60. The average Bonchev–Trinajstić information content (AvgIpc) is 2.36. The largest absolute Gasteiger partial charge is 0.376 e. The summed E-state index contributed by atoms with van der Waals surface area (Å²) in [6, 6.07) is 5.67. The maximum Gasteiger partial charge on any atom is 0.144 e. The zero-order valence-corrected chi connectivity index (χ0v) is 9.76. The van der Waals surface area contributed by atoms with E-state index in [-0.39, 0.29) is 18.2 Å². The first-order chi connectivity index (χ1) is 8.26. The van der Waals surface area contributed by atoms with Gasteiger partial charge in [0.2, 0.25) is 0 Å². The van der Waals surface area contributed by atoms with Gasteiger partial charge in [-0.3, -0.25) is 0 Å². The number of pyridine rings is 1. The Hall–Kier alpha value is -1.64. The molecule has 3 atom stereocenters. The molecule has 1 aromatic rings. The average molecular weight is 232 g/mol. The minimum atomic E-state index is 0.0388.